The van der Waals surface area contributed by atoms with E-state index in [-0.39, 0.29) is 0 Å². The highest BCUT2D eigenvalue weighted by Gasteiger charge is 2.00. The third-order valence-corrected chi connectivity index (χ3v) is 3.06. The summed E-state index contributed by atoms with van der Waals surface area (Å²) >= 11 is 0. The van der Waals surface area contributed by atoms with Crippen LogP contribution in [0.3, 0.4) is 0 Å². The Hall–Kier alpha value is -2.59. The van der Waals surface area contributed by atoms with Crippen molar-refractivity contribution in [3.8, 4) is 5.75 Å². The molecule has 0 unspecified atom stereocenters. The Morgan fingerprint density at radius 2 is 1.80 bits per heavy atom. The Labute approximate surface area is 117 Å². The van der Waals surface area contributed by atoms with Crippen LogP contribution in [0.15, 0.2) is 60.7 Å². The van der Waals surface area contributed by atoms with Gasteiger partial charge in [-0.25, -0.2) is 10.8 Å². The Bertz CT molecular complexity index is 727. The average molecular weight is 265 g/mol. The first-order chi connectivity index (χ1) is 9.85. The second-order valence-electron chi connectivity index (χ2n) is 4.46. The minimum Gasteiger partial charge on any atom is -0.487 e. The van der Waals surface area contributed by atoms with Crippen molar-refractivity contribution in [2.75, 3.05) is 5.43 Å². The lowest BCUT2D eigenvalue weighted by Crippen LogP contribution is -2.09. The first-order valence-electron chi connectivity index (χ1n) is 6.39. The molecule has 0 fully saturated rings. The quantitative estimate of drug-likeness (QED) is 0.562. The minimum atomic E-state index is 0.411. The molecule has 2 aromatic carbocycles. The van der Waals surface area contributed by atoms with Crippen LogP contribution in [0, 0.1) is 0 Å². The fourth-order valence-electron chi connectivity index (χ4n) is 2.05. The Balaban J connectivity index is 1.76. The third kappa shape index (κ3) is 2.70. The van der Waals surface area contributed by atoms with Gasteiger partial charge in [-0.05, 0) is 35.0 Å². The summed E-state index contributed by atoms with van der Waals surface area (Å²) in [6.45, 7) is 0.411. The van der Waals surface area contributed by atoms with Gasteiger partial charge in [0, 0.05) is 0 Å². The summed E-state index contributed by atoms with van der Waals surface area (Å²) in [7, 11) is 0. The summed E-state index contributed by atoms with van der Waals surface area (Å²) in [6.07, 6.45) is 0. The summed E-state index contributed by atoms with van der Waals surface area (Å²) < 4.78 is 5.77. The number of rotatable bonds is 4. The number of nitrogens with zero attached hydrogens (tertiary/aromatic N) is 1. The van der Waals surface area contributed by atoms with Crippen LogP contribution in [0.4, 0.5) is 5.82 Å². The number of hydrazine groups is 1. The number of pyridine rings is 1. The molecule has 1 heterocycles. The predicted molar refractivity (Wildman–Crippen MR) is 80.3 cm³/mol. The smallest absolute Gasteiger partial charge is 0.140 e. The first-order valence-corrected chi connectivity index (χ1v) is 6.39. The van der Waals surface area contributed by atoms with E-state index in [1.165, 1.54) is 5.39 Å². The van der Waals surface area contributed by atoms with Gasteiger partial charge in [-0.1, -0.05) is 36.4 Å². The standard InChI is InChI=1S/C16H15N3O/c17-19-16-7-3-6-14(18-16)11-20-15-9-8-12-4-1-2-5-13(12)10-15/h1-10H,11,17H2,(H,18,19). The second kappa shape index (κ2) is 5.59. The second-order valence-corrected chi connectivity index (χ2v) is 4.46. The zero-order valence-electron chi connectivity index (χ0n) is 10.9. The number of fused-ring (bicyclic) bond motifs is 1. The molecule has 100 valence electrons. The maximum atomic E-state index is 5.77. The van der Waals surface area contributed by atoms with E-state index < -0.39 is 0 Å². The first kappa shape index (κ1) is 12.4. The van der Waals surface area contributed by atoms with Crippen molar-refractivity contribution in [2.24, 2.45) is 5.84 Å². The molecule has 0 spiro atoms. The molecule has 4 heteroatoms. The molecule has 3 rings (SSSR count). The number of ether oxygens (including phenoxy) is 1. The fourth-order valence-corrected chi connectivity index (χ4v) is 2.05. The molecule has 3 N–H and O–H groups in total. The number of hydrogen-bond donors (Lipinski definition) is 2. The zero-order valence-corrected chi connectivity index (χ0v) is 10.9. The van der Waals surface area contributed by atoms with E-state index in [1.807, 2.05) is 36.4 Å². The molecular formula is C16H15N3O. The van der Waals surface area contributed by atoms with Crippen molar-refractivity contribution in [1.82, 2.24) is 4.98 Å². The topological polar surface area (TPSA) is 60.2 Å². The van der Waals surface area contributed by atoms with E-state index in [4.69, 9.17) is 10.6 Å². The fraction of sp³-hybridized carbons (Fsp3) is 0.0625. The minimum absolute atomic E-state index is 0.411. The lowest BCUT2D eigenvalue weighted by atomic mass is 10.1. The van der Waals surface area contributed by atoms with E-state index in [9.17, 15) is 0 Å². The van der Waals surface area contributed by atoms with Gasteiger partial charge in [0.1, 0.15) is 18.2 Å². The van der Waals surface area contributed by atoms with E-state index >= 15 is 0 Å². The summed E-state index contributed by atoms with van der Waals surface area (Å²) in [5, 5.41) is 2.36. The average Bonchev–Trinajstić information content (AvgIpc) is 2.53. The van der Waals surface area contributed by atoms with Crippen LogP contribution in [0.1, 0.15) is 5.69 Å². The van der Waals surface area contributed by atoms with Gasteiger partial charge < -0.3 is 10.2 Å². The maximum absolute atomic E-state index is 5.77. The summed E-state index contributed by atoms with van der Waals surface area (Å²) in [5.74, 6) is 6.79. The van der Waals surface area contributed by atoms with Crippen molar-refractivity contribution in [3.63, 3.8) is 0 Å². The number of aromatic nitrogens is 1. The van der Waals surface area contributed by atoms with E-state index in [1.54, 1.807) is 6.07 Å². The van der Waals surface area contributed by atoms with Crippen LogP contribution in [0.25, 0.3) is 10.8 Å². The van der Waals surface area contributed by atoms with Crippen molar-refractivity contribution in [1.29, 1.82) is 0 Å². The maximum Gasteiger partial charge on any atom is 0.140 e. The van der Waals surface area contributed by atoms with Gasteiger partial charge in [0.25, 0.3) is 0 Å². The summed E-state index contributed by atoms with van der Waals surface area (Å²) in [4.78, 5) is 4.31. The predicted octanol–water partition coefficient (Wildman–Crippen LogP) is 3.10. The molecular weight excluding hydrogens is 250 g/mol. The van der Waals surface area contributed by atoms with Crippen molar-refractivity contribution in [3.05, 3.63) is 66.4 Å². The highest BCUT2D eigenvalue weighted by Crippen LogP contribution is 2.21. The normalized spacial score (nSPS) is 10.4. The number of benzene rings is 2. The van der Waals surface area contributed by atoms with Crippen LogP contribution >= 0.6 is 0 Å². The molecule has 20 heavy (non-hydrogen) atoms. The molecule has 0 amide bonds. The summed E-state index contributed by atoms with van der Waals surface area (Å²) in [5.41, 5.74) is 3.35. The van der Waals surface area contributed by atoms with Gasteiger partial charge >= 0.3 is 0 Å². The monoisotopic (exact) mass is 265 g/mol. The molecule has 0 radical (unpaired) electrons. The van der Waals surface area contributed by atoms with Gasteiger partial charge in [0.15, 0.2) is 0 Å². The lowest BCUT2D eigenvalue weighted by Gasteiger charge is -2.08. The highest BCUT2D eigenvalue weighted by atomic mass is 16.5. The Morgan fingerprint density at radius 1 is 0.950 bits per heavy atom. The molecule has 1 aromatic heterocycles. The molecule has 4 nitrogen and oxygen atoms in total. The molecule has 0 atom stereocenters. The van der Waals surface area contributed by atoms with Gasteiger partial charge in [0.2, 0.25) is 0 Å². The van der Waals surface area contributed by atoms with Gasteiger partial charge in [-0.3, -0.25) is 0 Å². The van der Waals surface area contributed by atoms with Gasteiger partial charge in [0.05, 0.1) is 5.69 Å². The van der Waals surface area contributed by atoms with E-state index in [0.29, 0.717) is 12.4 Å². The number of nitrogen functional groups attached to an aromatic ring is 1. The van der Waals surface area contributed by atoms with Crippen molar-refractivity contribution >= 4 is 16.6 Å². The SMILES string of the molecule is NNc1cccc(COc2ccc3ccccc3c2)n1. The summed E-state index contributed by atoms with van der Waals surface area (Å²) in [6, 6.07) is 19.8. The van der Waals surface area contributed by atoms with Crippen LogP contribution in [-0.2, 0) is 6.61 Å². The van der Waals surface area contributed by atoms with Gasteiger partial charge in [-0.15, -0.1) is 0 Å². The zero-order chi connectivity index (χ0) is 13.8. The molecule has 0 aliphatic heterocycles. The third-order valence-electron chi connectivity index (χ3n) is 3.06. The molecule has 3 aromatic rings. The molecule has 0 aliphatic rings. The molecule has 0 saturated carbocycles. The van der Waals surface area contributed by atoms with Crippen molar-refractivity contribution in [2.45, 2.75) is 6.61 Å². The van der Waals surface area contributed by atoms with E-state index in [0.717, 1.165) is 16.8 Å². The highest BCUT2D eigenvalue weighted by molar-refractivity contribution is 5.83. The van der Waals surface area contributed by atoms with Crippen LogP contribution in [0.5, 0.6) is 5.75 Å². The number of nitrogens with one attached hydrogen (secondary N) is 1. The van der Waals surface area contributed by atoms with Crippen LogP contribution < -0.4 is 16.0 Å². The number of anilines is 1. The molecule has 0 bridgehead atoms. The Kier molecular flexibility index (Phi) is 3.48. The number of hydrogen-bond acceptors (Lipinski definition) is 4. The lowest BCUT2D eigenvalue weighted by molar-refractivity contribution is 0.302. The van der Waals surface area contributed by atoms with Crippen LogP contribution in [0.2, 0.25) is 0 Å². The number of nitrogens with two attached hydrogens (primary N) is 1. The molecule has 0 saturated heterocycles. The van der Waals surface area contributed by atoms with Gasteiger partial charge in [-0.2, -0.15) is 0 Å². The van der Waals surface area contributed by atoms with Crippen molar-refractivity contribution < 1.29 is 4.74 Å². The van der Waals surface area contributed by atoms with Crippen LogP contribution in [-0.4, -0.2) is 4.98 Å². The largest absolute Gasteiger partial charge is 0.487 e. The Morgan fingerprint density at radius 3 is 2.65 bits per heavy atom. The van der Waals surface area contributed by atoms with E-state index in [2.05, 4.69) is 28.6 Å². The molecule has 0 aliphatic carbocycles.